The average molecular weight is 869 g/mol. The number of nitrogens with one attached hydrogen (secondary N) is 1. The van der Waals surface area contributed by atoms with Crippen LogP contribution in [0.2, 0.25) is 0 Å². The number of nitrogens with two attached hydrogens (primary N) is 1. The van der Waals surface area contributed by atoms with Gasteiger partial charge in [0.15, 0.2) is 0 Å². The first-order valence-electron chi connectivity index (χ1n) is 22.4. The van der Waals surface area contributed by atoms with E-state index in [-0.39, 0.29) is 91.6 Å². The van der Waals surface area contributed by atoms with Crippen molar-refractivity contribution in [3.63, 3.8) is 0 Å². The maximum atomic E-state index is 12.7. The molecular formula is C44H75IN3O6-. The normalized spacial score (nSPS) is 49.5. The summed E-state index contributed by atoms with van der Waals surface area (Å²) in [5.41, 5.74) is 7.43. The molecule has 54 heavy (non-hydrogen) atoms. The van der Waals surface area contributed by atoms with Gasteiger partial charge < -0.3 is 19.9 Å². The molecule has 3 unspecified atom stereocenters. The summed E-state index contributed by atoms with van der Waals surface area (Å²) in [5.74, 6) is 1.97. The first-order valence-corrected chi connectivity index (χ1v) is 24.6. The number of amides is 1. The molecule has 2 saturated heterocycles. The van der Waals surface area contributed by atoms with Crippen molar-refractivity contribution in [2.75, 3.05) is 26.2 Å². The van der Waals surface area contributed by atoms with E-state index in [9.17, 15) is 9.90 Å². The molecule has 2 aliphatic heterocycles. The van der Waals surface area contributed by atoms with E-state index >= 15 is 0 Å². The Morgan fingerprint density at radius 1 is 1.00 bits per heavy atom. The molecule has 0 aromatic heterocycles. The average Bonchev–Trinajstić information content (AvgIpc) is 3.71. The van der Waals surface area contributed by atoms with Crippen LogP contribution >= 0.6 is 0 Å². The number of rotatable bonds is 8. The van der Waals surface area contributed by atoms with Crippen LogP contribution in [-0.4, -0.2) is 86.8 Å². The fourth-order valence-electron chi connectivity index (χ4n) is 15.6. The fourth-order valence-corrected chi connectivity index (χ4v) is 19.1. The smallest absolute Gasteiger partial charge is 0.0574 e. The zero-order valence-electron chi connectivity index (χ0n) is 34.9. The van der Waals surface area contributed by atoms with E-state index in [2.05, 4.69) is 56.9 Å². The van der Waals surface area contributed by atoms with Gasteiger partial charge >= 0.3 is 231 Å². The Morgan fingerprint density at radius 3 is 2.41 bits per heavy atom. The summed E-state index contributed by atoms with van der Waals surface area (Å²) in [7, 11) is 0. The number of aliphatic hydroxyl groups is 1. The first kappa shape index (κ1) is 40.5. The predicted octanol–water partition coefficient (Wildman–Crippen LogP) is 4.28. The van der Waals surface area contributed by atoms with Crippen LogP contribution in [0.3, 0.4) is 0 Å². The van der Waals surface area contributed by atoms with Gasteiger partial charge in [-0.05, 0) is 31.1 Å². The Balaban J connectivity index is 0.991. The first-order chi connectivity index (χ1) is 25.7. The van der Waals surface area contributed by atoms with Crippen molar-refractivity contribution < 1.29 is 50.3 Å². The van der Waals surface area contributed by atoms with Gasteiger partial charge in [0.1, 0.15) is 6.10 Å². The molecule has 310 valence electrons. The summed E-state index contributed by atoms with van der Waals surface area (Å²) in [6.07, 6.45) is 14.0. The third kappa shape index (κ3) is 5.95. The van der Waals surface area contributed by atoms with Crippen molar-refractivity contribution in [2.45, 2.75) is 185 Å². The molecule has 0 aromatic carbocycles. The van der Waals surface area contributed by atoms with E-state index in [1.807, 2.05) is 6.92 Å². The number of alkyl carbamates (subject to hydrolysis) is 1. The summed E-state index contributed by atoms with van der Waals surface area (Å²) in [6, 6.07) is 0. The molecule has 8 rings (SSSR count). The second-order valence-corrected chi connectivity index (χ2v) is 24.3. The molecular weight excluding hydrogens is 793 g/mol. The van der Waals surface area contributed by atoms with Crippen molar-refractivity contribution in [2.24, 2.45) is 62.9 Å². The van der Waals surface area contributed by atoms with Crippen LogP contribution in [0.5, 0.6) is 0 Å². The quantitative estimate of drug-likeness (QED) is 0.144. The number of alkyl halides is 1. The van der Waals surface area contributed by atoms with E-state index in [1.165, 1.54) is 51.4 Å². The van der Waals surface area contributed by atoms with Crippen molar-refractivity contribution >= 4 is 6.09 Å². The third-order valence-corrected chi connectivity index (χ3v) is 21.6. The van der Waals surface area contributed by atoms with E-state index in [1.54, 1.807) is 0 Å². The number of carbonyl (C=O) groups excluding carboxylic acids is 1. The van der Waals surface area contributed by atoms with Gasteiger partial charge in [-0.1, -0.05) is 27.7 Å². The Morgan fingerprint density at radius 2 is 1.70 bits per heavy atom. The maximum absolute atomic E-state index is 12.7. The SMILES string of the molecule is CCNC(=O)O[C@H](C(C)C)C1C[C@@H](C)[C@H]2C(O1)[C@H](O)[C@@]1(N)C3CC[C@H]4C(C)(C)[C@@H](O[C@H]5CN([I-]C6CCCCCC6)CCO5)CC[C@@]45[C@@H](C)[C@@]35CC[C@]21C. The summed E-state index contributed by atoms with van der Waals surface area (Å²) < 4.78 is 30.1. The van der Waals surface area contributed by atoms with E-state index in [0.717, 1.165) is 55.7 Å². The zero-order valence-corrected chi connectivity index (χ0v) is 37.1. The summed E-state index contributed by atoms with van der Waals surface area (Å²) in [4.78, 5) is 12.6. The fraction of sp³-hybridized carbons (Fsp3) is 0.977. The monoisotopic (exact) mass is 868 g/mol. The number of nitrogens with zero attached hydrogens (tertiary/aromatic N) is 1. The van der Waals surface area contributed by atoms with Crippen molar-refractivity contribution in [1.29, 1.82) is 0 Å². The topological polar surface area (TPSA) is 116 Å². The summed E-state index contributed by atoms with van der Waals surface area (Å²) >= 11 is 0.0263. The number of carbonyl (C=O) groups is 1. The van der Waals surface area contributed by atoms with Gasteiger partial charge in [-0.15, -0.1) is 0 Å². The molecule has 0 radical (unpaired) electrons. The number of hydrogen-bond acceptors (Lipinski definition) is 8. The Bertz CT molecular complexity index is 1380. The number of hydrogen-bond donors (Lipinski definition) is 3. The molecule has 0 aromatic rings. The summed E-state index contributed by atoms with van der Waals surface area (Å²) in [5, 5.41) is 15.5. The molecule has 4 N–H and O–H groups in total. The molecule has 2 heterocycles. The minimum absolute atomic E-state index is 0.0263. The van der Waals surface area contributed by atoms with E-state index < -0.39 is 17.7 Å². The molecule has 2 spiro atoms. The molecule has 0 bridgehead atoms. The van der Waals surface area contributed by atoms with Gasteiger partial charge in [0.05, 0.1) is 12.2 Å². The summed E-state index contributed by atoms with van der Waals surface area (Å²) in [6.45, 7) is 21.7. The van der Waals surface area contributed by atoms with Crippen LogP contribution in [0.25, 0.3) is 0 Å². The van der Waals surface area contributed by atoms with Gasteiger partial charge in [0.25, 0.3) is 0 Å². The van der Waals surface area contributed by atoms with Gasteiger partial charge in [-0.2, -0.15) is 0 Å². The van der Waals surface area contributed by atoms with Crippen molar-refractivity contribution in [3.05, 3.63) is 0 Å². The van der Waals surface area contributed by atoms with Crippen LogP contribution in [0.15, 0.2) is 0 Å². The zero-order chi connectivity index (χ0) is 38.4. The standard InChI is InChI=1S/C44H75IN3O6/c1-9-47-39(50)54-36(26(2)3)30-24-27(4)35-37(52-30)38(49)44(46)32-17-16-31-40(6,7)33(18-19-42(31)28(5)43(32,42)21-20-41(35,44)8)53-34-25-48(22-23-51-34)45-29-14-12-10-11-13-15-29/h26-38,49H,9-25,46H2,1-8H3,(H,47,50)/q-1/t27-,28-,30?,31+,32?,33+,34+,35+,36-,37?,38+,41-,42-,43+,44+/m1/s1. The molecule has 8 aliphatic rings. The molecule has 6 aliphatic carbocycles. The van der Waals surface area contributed by atoms with Gasteiger partial charge in [0, 0.05) is 6.54 Å². The number of morpholine rings is 1. The van der Waals surface area contributed by atoms with Crippen LogP contribution in [0.4, 0.5) is 4.79 Å². The van der Waals surface area contributed by atoms with Crippen molar-refractivity contribution in [3.8, 4) is 0 Å². The minimum Gasteiger partial charge on any atom is -0.0574 e. The predicted molar refractivity (Wildman–Crippen MR) is 206 cm³/mol. The van der Waals surface area contributed by atoms with Gasteiger partial charge in [0.2, 0.25) is 0 Å². The third-order valence-electron chi connectivity index (χ3n) is 17.9. The van der Waals surface area contributed by atoms with Crippen LogP contribution < -0.4 is 32.5 Å². The molecule has 15 atom stereocenters. The van der Waals surface area contributed by atoms with Gasteiger partial charge in [-0.25, -0.2) is 4.79 Å². The Labute approximate surface area is 337 Å². The number of aliphatic hydroxyl groups excluding tert-OH is 1. The van der Waals surface area contributed by atoms with Gasteiger partial charge in [-0.3, -0.25) is 0 Å². The second-order valence-electron chi connectivity index (χ2n) is 20.6. The van der Waals surface area contributed by atoms with Crippen LogP contribution in [-0.2, 0) is 18.9 Å². The Kier molecular flexibility index (Phi) is 11.1. The van der Waals surface area contributed by atoms with Crippen LogP contribution in [0, 0.1) is 57.2 Å². The molecule has 9 nitrogen and oxygen atoms in total. The van der Waals surface area contributed by atoms with Crippen LogP contribution in [0.1, 0.15) is 139 Å². The second kappa shape index (κ2) is 14.8. The number of ether oxygens (including phenoxy) is 4. The van der Waals surface area contributed by atoms with E-state index in [4.69, 9.17) is 24.7 Å². The minimum atomic E-state index is -0.751. The van der Waals surface area contributed by atoms with E-state index in [0.29, 0.717) is 24.3 Å². The molecule has 6 saturated carbocycles. The Hall–Kier alpha value is -0.240. The molecule has 8 fully saturated rings. The molecule has 1 amide bonds. The number of halogens is 1. The van der Waals surface area contributed by atoms with Crippen molar-refractivity contribution in [1.82, 2.24) is 8.43 Å². The molecule has 10 heteroatoms. The number of fused-ring (bicyclic) bond motifs is 4.